The first kappa shape index (κ1) is 13.1. The molecule has 1 atom stereocenters. The number of nitrogens with two attached hydrogens (primary N) is 1. The average Bonchev–Trinajstić information content (AvgIpc) is 2.41. The van der Waals surface area contributed by atoms with Crippen LogP contribution in [0.25, 0.3) is 0 Å². The minimum atomic E-state index is -0.0870. The zero-order valence-electron chi connectivity index (χ0n) is 10.5. The van der Waals surface area contributed by atoms with Gasteiger partial charge < -0.3 is 16.4 Å². The van der Waals surface area contributed by atoms with Gasteiger partial charge in [-0.3, -0.25) is 4.79 Å². The Labute approximate surface area is 112 Å². The van der Waals surface area contributed by atoms with Crippen LogP contribution in [0, 0.1) is 0 Å². The highest BCUT2D eigenvalue weighted by molar-refractivity contribution is 7.99. The molecule has 1 aliphatic heterocycles. The first-order valence-corrected chi connectivity index (χ1v) is 7.32. The zero-order chi connectivity index (χ0) is 13.0. The highest BCUT2D eigenvalue weighted by Gasteiger charge is 2.15. The van der Waals surface area contributed by atoms with Crippen molar-refractivity contribution in [3.63, 3.8) is 0 Å². The summed E-state index contributed by atoms with van der Waals surface area (Å²) in [5.74, 6) is 2.26. The number of carbonyl (C=O) groups excluding carboxylic acids is 1. The smallest absolute Gasteiger partial charge is 0.251 e. The number of benzene rings is 1. The van der Waals surface area contributed by atoms with Gasteiger partial charge in [-0.1, -0.05) is 0 Å². The number of hydrogen-bond donors (Lipinski definition) is 3. The van der Waals surface area contributed by atoms with Crippen molar-refractivity contribution in [2.45, 2.75) is 18.9 Å². The number of carbonyl (C=O) groups is 1. The van der Waals surface area contributed by atoms with E-state index in [-0.39, 0.29) is 5.91 Å². The Morgan fingerprint density at radius 1 is 1.50 bits per heavy atom. The topological polar surface area (TPSA) is 67.2 Å². The maximum Gasteiger partial charge on any atom is 0.251 e. The lowest BCUT2D eigenvalue weighted by atomic mass is 10.1. The van der Waals surface area contributed by atoms with Gasteiger partial charge in [0.15, 0.2) is 0 Å². The quantitative estimate of drug-likeness (QED) is 0.731. The lowest BCUT2D eigenvalue weighted by Gasteiger charge is -2.24. The third-order valence-corrected chi connectivity index (χ3v) is 4.28. The molecule has 4 nitrogen and oxygen atoms in total. The molecule has 18 heavy (non-hydrogen) atoms. The van der Waals surface area contributed by atoms with E-state index in [2.05, 4.69) is 10.6 Å². The number of amides is 1. The lowest BCUT2D eigenvalue weighted by molar-refractivity contribution is 0.0963. The summed E-state index contributed by atoms with van der Waals surface area (Å²) in [5.41, 5.74) is 8.14. The molecule has 4 N–H and O–H groups in total. The summed E-state index contributed by atoms with van der Waals surface area (Å²) in [6, 6.07) is 5.80. The molecule has 1 amide bonds. The number of nitrogens with one attached hydrogen (secondary N) is 2. The molecule has 0 aliphatic carbocycles. The number of hydrogen-bond acceptors (Lipinski definition) is 4. The monoisotopic (exact) mass is 265 g/mol. The van der Waals surface area contributed by atoms with Crippen molar-refractivity contribution in [2.24, 2.45) is 0 Å². The molecule has 1 fully saturated rings. The summed E-state index contributed by atoms with van der Waals surface area (Å²) >= 11 is 1.96. The van der Waals surface area contributed by atoms with Crippen LogP contribution in [-0.4, -0.2) is 30.5 Å². The van der Waals surface area contributed by atoms with Gasteiger partial charge in [0.25, 0.3) is 5.91 Å². The van der Waals surface area contributed by atoms with Crippen LogP contribution >= 0.6 is 11.8 Å². The molecule has 2 rings (SSSR count). The van der Waals surface area contributed by atoms with Crippen molar-refractivity contribution in [3.05, 3.63) is 23.8 Å². The second-order valence-corrected chi connectivity index (χ2v) is 5.59. The molecular weight excluding hydrogens is 246 g/mol. The van der Waals surface area contributed by atoms with Gasteiger partial charge in [0.2, 0.25) is 0 Å². The summed E-state index contributed by atoms with van der Waals surface area (Å²) in [6.45, 7) is 0. The number of thioether (sulfide) groups is 1. The molecule has 0 saturated carbocycles. The first-order chi connectivity index (χ1) is 8.70. The van der Waals surface area contributed by atoms with Crippen LogP contribution in [0.4, 0.5) is 11.4 Å². The lowest BCUT2D eigenvalue weighted by Crippen LogP contribution is -2.26. The molecular formula is C13H19N3OS. The second kappa shape index (κ2) is 6.00. The van der Waals surface area contributed by atoms with E-state index in [4.69, 9.17) is 5.73 Å². The molecule has 0 aromatic heterocycles. The molecule has 1 saturated heterocycles. The summed E-state index contributed by atoms with van der Waals surface area (Å²) < 4.78 is 0. The molecule has 1 aliphatic rings. The summed E-state index contributed by atoms with van der Waals surface area (Å²) in [5, 5.41) is 6.06. The van der Waals surface area contributed by atoms with Gasteiger partial charge >= 0.3 is 0 Å². The minimum absolute atomic E-state index is 0.0870. The Kier molecular flexibility index (Phi) is 4.36. The highest BCUT2D eigenvalue weighted by Crippen LogP contribution is 2.25. The van der Waals surface area contributed by atoms with Crippen molar-refractivity contribution in [3.8, 4) is 0 Å². The molecule has 98 valence electrons. The van der Waals surface area contributed by atoms with E-state index in [1.807, 2.05) is 17.8 Å². The van der Waals surface area contributed by atoms with Gasteiger partial charge in [0.05, 0.1) is 11.4 Å². The SMILES string of the molecule is CNC(=O)c1ccc(N)c(NC2CCCSC2)c1. The number of nitrogen functional groups attached to an aromatic ring is 1. The van der Waals surface area contributed by atoms with Crippen molar-refractivity contribution in [2.75, 3.05) is 29.6 Å². The van der Waals surface area contributed by atoms with Crippen molar-refractivity contribution < 1.29 is 4.79 Å². The van der Waals surface area contributed by atoms with Gasteiger partial charge in [-0.2, -0.15) is 11.8 Å². The summed E-state index contributed by atoms with van der Waals surface area (Å²) in [7, 11) is 1.63. The van der Waals surface area contributed by atoms with Crippen LogP contribution in [0.2, 0.25) is 0 Å². The van der Waals surface area contributed by atoms with E-state index >= 15 is 0 Å². The summed E-state index contributed by atoms with van der Waals surface area (Å²) in [4.78, 5) is 11.6. The van der Waals surface area contributed by atoms with E-state index in [9.17, 15) is 4.79 Å². The van der Waals surface area contributed by atoms with Crippen LogP contribution in [0.1, 0.15) is 23.2 Å². The molecule has 0 bridgehead atoms. The van der Waals surface area contributed by atoms with Gasteiger partial charge in [0, 0.05) is 24.4 Å². The Morgan fingerprint density at radius 3 is 3.00 bits per heavy atom. The van der Waals surface area contributed by atoms with Gasteiger partial charge in [-0.15, -0.1) is 0 Å². The maximum atomic E-state index is 11.6. The standard InChI is InChI=1S/C13H19N3OS/c1-15-13(17)9-4-5-11(14)12(7-9)16-10-3-2-6-18-8-10/h4-5,7,10,16H,2-3,6,8,14H2,1H3,(H,15,17). The molecule has 1 aromatic carbocycles. The predicted octanol–water partition coefficient (Wildman–Crippen LogP) is 1.94. The third kappa shape index (κ3) is 3.10. The van der Waals surface area contributed by atoms with E-state index in [1.54, 1.807) is 19.2 Å². The Hall–Kier alpha value is -1.36. The molecule has 1 aromatic rings. The minimum Gasteiger partial charge on any atom is -0.397 e. The van der Waals surface area contributed by atoms with E-state index < -0.39 is 0 Å². The van der Waals surface area contributed by atoms with Crippen LogP contribution in [-0.2, 0) is 0 Å². The van der Waals surface area contributed by atoms with E-state index in [0.29, 0.717) is 17.3 Å². The van der Waals surface area contributed by atoms with Gasteiger partial charge in [-0.25, -0.2) is 0 Å². The summed E-state index contributed by atoms with van der Waals surface area (Å²) in [6.07, 6.45) is 2.40. The predicted molar refractivity (Wildman–Crippen MR) is 78.2 cm³/mol. The Morgan fingerprint density at radius 2 is 2.33 bits per heavy atom. The number of anilines is 2. The van der Waals surface area contributed by atoms with Crippen LogP contribution in [0.5, 0.6) is 0 Å². The van der Waals surface area contributed by atoms with E-state index in [1.165, 1.54) is 12.2 Å². The van der Waals surface area contributed by atoms with Crippen LogP contribution in [0.3, 0.4) is 0 Å². The molecule has 0 spiro atoms. The fourth-order valence-corrected chi connectivity index (χ4v) is 3.11. The molecule has 5 heteroatoms. The second-order valence-electron chi connectivity index (χ2n) is 4.44. The fraction of sp³-hybridized carbons (Fsp3) is 0.462. The Balaban J connectivity index is 2.12. The Bertz CT molecular complexity index is 430. The van der Waals surface area contributed by atoms with E-state index in [0.717, 1.165) is 17.9 Å². The van der Waals surface area contributed by atoms with Gasteiger partial charge in [-0.05, 0) is 36.8 Å². The van der Waals surface area contributed by atoms with Crippen molar-refractivity contribution in [1.29, 1.82) is 0 Å². The molecule has 1 unspecified atom stereocenters. The highest BCUT2D eigenvalue weighted by atomic mass is 32.2. The molecule has 1 heterocycles. The van der Waals surface area contributed by atoms with Crippen molar-refractivity contribution in [1.82, 2.24) is 5.32 Å². The average molecular weight is 265 g/mol. The normalized spacial score (nSPS) is 19.3. The third-order valence-electron chi connectivity index (χ3n) is 3.06. The van der Waals surface area contributed by atoms with Crippen LogP contribution in [0.15, 0.2) is 18.2 Å². The zero-order valence-corrected chi connectivity index (χ0v) is 11.3. The van der Waals surface area contributed by atoms with Gasteiger partial charge in [0.1, 0.15) is 0 Å². The largest absolute Gasteiger partial charge is 0.397 e. The maximum absolute atomic E-state index is 11.6. The number of rotatable bonds is 3. The first-order valence-electron chi connectivity index (χ1n) is 6.16. The molecule has 0 radical (unpaired) electrons. The van der Waals surface area contributed by atoms with Crippen LogP contribution < -0.4 is 16.4 Å². The van der Waals surface area contributed by atoms with Crippen molar-refractivity contribution >= 4 is 29.0 Å². The fourth-order valence-electron chi connectivity index (χ4n) is 2.04.